The molecule has 1 unspecified atom stereocenters. The standard InChI is InChI=1S/C14H16N2O2/c1-10(11-6-4-3-5-7-11)18-12-8-9-16(2)13(12)14(15)17/h3-10H,1-2H3,(H2,15,17). The molecular formula is C14H16N2O2. The first-order chi connectivity index (χ1) is 8.59. The van der Waals surface area contributed by atoms with Crippen LogP contribution in [0, 0.1) is 0 Å². The summed E-state index contributed by atoms with van der Waals surface area (Å²) in [6, 6.07) is 11.6. The fourth-order valence-electron chi connectivity index (χ4n) is 1.88. The third-order valence-corrected chi connectivity index (χ3v) is 2.84. The molecule has 1 heterocycles. The molecular weight excluding hydrogens is 228 g/mol. The quantitative estimate of drug-likeness (QED) is 0.896. The lowest BCUT2D eigenvalue weighted by Gasteiger charge is -2.15. The Morgan fingerprint density at radius 3 is 2.56 bits per heavy atom. The van der Waals surface area contributed by atoms with Crippen molar-refractivity contribution in [3.8, 4) is 5.75 Å². The van der Waals surface area contributed by atoms with Crippen molar-refractivity contribution < 1.29 is 9.53 Å². The van der Waals surface area contributed by atoms with Gasteiger partial charge in [0.05, 0.1) is 0 Å². The number of rotatable bonds is 4. The third-order valence-electron chi connectivity index (χ3n) is 2.84. The molecule has 4 nitrogen and oxygen atoms in total. The predicted octanol–water partition coefficient (Wildman–Crippen LogP) is 2.26. The van der Waals surface area contributed by atoms with Crippen LogP contribution in [0.25, 0.3) is 0 Å². The van der Waals surface area contributed by atoms with Crippen molar-refractivity contribution in [1.29, 1.82) is 0 Å². The minimum Gasteiger partial charge on any atom is -0.484 e. The van der Waals surface area contributed by atoms with Crippen molar-refractivity contribution in [3.63, 3.8) is 0 Å². The number of nitrogens with zero attached hydrogens (tertiary/aromatic N) is 1. The van der Waals surface area contributed by atoms with Crippen molar-refractivity contribution in [1.82, 2.24) is 4.57 Å². The van der Waals surface area contributed by atoms with E-state index in [9.17, 15) is 4.79 Å². The predicted molar refractivity (Wildman–Crippen MR) is 69.4 cm³/mol. The number of aromatic nitrogens is 1. The van der Waals surface area contributed by atoms with Gasteiger partial charge in [0.25, 0.3) is 5.91 Å². The highest BCUT2D eigenvalue weighted by atomic mass is 16.5. The average molecular weight is 244 g/mol. The zero-order chi connectivity index (χ0) is 13.1. The molecule has 0 aliphatic heterocycles. The van der Waals surface area contributed by atoms with E-state index in [4.69, 9.17) is 10.5 Å². The lowest BCUT2D eigenvalue weighted by molar-refractivity contribution is 0.0985. The second kappa shape index (κ2) is 4.96. The number of aryl methyl sites for hydroxylation is 1. The molecule has 1 aromatic carbocycles. The number of amides is 1. The van der Waals surface area contributed by atoms with Gasteiger partial charge >= 0.3 is 0 Å². The summed E-state index contributed by atoms with van der Waals surface area (Å²) in [5, 5.41) is 0. The Morgan fingerprint density at radius 2 is 1.94 bits per heavy atom. The van der Waals surface area contributed by atoms with Gasteiger partial charge in [0.15, 0.2) is 5.75 Å². The maximum absolute atomic E-state index is 11.3. The SMILES string of the molecule is CC(Oc1ccn(C)c1C(N)=O)c1ccccc1. The molecule has 0 fully saturated rings. The number of nitrogens with two attached hydrogens (primary N) is 1. The Kier molecular flexibility index (Phi) is 3.37. The van der Waals surface area contributed by atoms with Crippen LogP contribution in [-0.4, -0.2) is 10.5 Å². The van der Waals surface area contributed by atoms with Crippen LogP contribution in [0.2, 0.25) is 0 Å². The highest BCUT2D eigenvalue weighted by Gasteiger charge is 2.16. The molecule has 1 aromatic heterocycles. The van der Waals surface area contributed by atoms with Crippen LogP contribution < -0.4 is 10.5 Å². The van der Waals surface area contributed by atoms with Crippen molar-refractivity contribution in [2.45, 2.75) is 13.0 Å². The van der Waals surface area contributed by atoms with Crippen molar-refractivity contribution in [2.75, 3.05) is 0 Å². The molecule has 18 heavy (non-hydrogen) atoms. The lowest BCUT2D eigenvalue weighted by atomic mass is 10.1. The van der Waals surface area contributed by atoms with Crippen LogP contribution in [0.5, 0.6) is 5.75 Å². The van der Waals surface area contributed by atoms with Gasteiger partial charge in [-0.3, -0.25) is 4.79 Å². The van der Waals surface area contributed by atoms with Gasteiger partial charge < -0.3 is 15.0 Å². The molecule has 0 aliphatic carbocycles. The summed E-state index contributed by atoms with van der Waals surface area (Å²) < 4.78 is 7.45. The zero-order valence-electron chi connectivity index (χ0n) is 10.5. The second-order valence-electron chi connectivity index (χ2n) is 4.17. The zero-order valence-corrected chi connectivity index (χ0v) is 10.5. The molecule has 1 amide bonds. The molecule has 2 N–H and O–H groups in total. The highest BCUT2D eigenvalue weighted by Crippen LogP contribution is 2.25. The smallest absolute Gasteiger partial charge is 0.269 e. The van der Waals surface area contributed by atoms with Crippen molar-refractivity contribution >= 4 is 5.91 Å². The minimum absolute atomic E-state index is 0.133. The molecule has 0 radical (unpaired) electrons. The van der Waals surface area contributed by atoms with E-state index in [-0.39, 0.29) is 6.10 Å². The topological polar surface area (TPSA) is 57.2 Å². The van der Waals surface area contributed by atoms with Crippen molar-refractivity contribution in [3.05, 3.63) is 53.9 Å². The summed E-state index contributed by atoms with van der Waals surface area (Å²) in [7, 11) is 1.76. The summed E-state index contributed by atoms with van der Waals surface area (Å²) in [6.07, 6.45) is 1.62. The Bertz CT molecular complexity index is 546. The molecule has 0 saturated heterocycles. The third kappa shape index (κ3) is 2.37. The Hall–Kier alpha value is -2.23. The minimum atomic E-state index is -0.488. The van der Waals surface area contributed by atoms with Crippen LogP contribution in [0.3, 0.4) is 0 Å². The van der Waals surface area contributed by atoms with E-state index in [1.165, 1.54) is 0 Å². The van der Waals surface area contributed by atoms with Gasteiger partial charge in [0, 0.05) is 13.2 Å². The first kappa shape index (κ1) is 12.2. The number of carbonyl (C=O) groups is 1. The molecule has 0 saturated carbocycles. The maximum Gasteiger partial charge on any atom is 0.269 e. The maximum atomic E-state index is 11.3. The molecule has 0 spiro atoms. The van der Waals surface area contributed by atoms with Crippen molar-refractivity contribution in [2.24, 2.45) is 12.8 Å². The fourth-order valence-corrected chi connectivity index (χ4v) is 1.88. The molecule has 0 bridgehead atoms. The van der Waals surface area contributed by atoms with Gasteiger partial charge in [0.2, 0.25) is 0 Å². The van der Waals surface area contributed by atoms with Gasteiger partial charge in [-0.2, -0.15) is 0 Å². The Balaban J connectivity index is 2.22. The normalized spacial score (nSPS) is 12.1. The molecule has 2 aromatic rings. The number of ether oxygens (including phenoxy) is 1. The molecule has 94 valence electrons. The van der Waals surface area contributed by atoms with Crippen LogP contribution in [-0.2, 0) is 7.05 Å². The van der Waals surface area contributed by atoms with Gasteiger partial charge in [0.1, 0.15) is 11.8 Å². The fraction of sp³-hybridized carbons (Fsp3) is 0.214. The van der Waals surface area contributed by atoms with Gasteiger partial charge in [-0.1, -0.05) is 30.3 Å². The summed E-state index contributed by atoms with van der Waals surface area (Å²) in [4.78, 5) is 11.3. The number of benzene rings is 1. The molecule has 2 rings (SSSR count). The highest BCUT2D eigenvalue weighted by molar-refractivity contribution is 5.94. The van der Waals surface area contributed by atoms with E-state index >= 15 is 0 Å². The second-order valence-corrected chi connectivity index (χ2v) is 4.17. The van der Waals surface area contributed by atoms with Crippen LogP contribution in [0.15, 0.2) is 42.6 Å². The lowest BCUT2D eigenvalue weighted by Crippen LogP contribution is -2.17. The van der Waals surface area contributed by atoms with Crippen LogP contribution in [0.1, 0.15) is 29.1 Å². The monoisotopic (exact) mass is 244 g/mol. The van der Waals surface area contributed by atoms with E-state index in [1.54, 1.807) is 23.9 Å². The first-order valence-electron chi connectivity index (χ1n) is 5.76. The summed E-state index contributed by atoms with van der Waals surface area (Å²) in [5.41, 5.74) is 6.77. The van der Waals surface area contributed by atoms with E-state index in [1.807, 2.05) is 37.3 Å². The van der Waals surface area contributed by atoms with Gasteiger partial charge in [-0.15, -0.1) is 0 Å². The molecule has 1 atom stereocenters. The summed E-state index contributed by atoms with van der Waals surface area (Å²) in [5.74, 6) is 0.0270. The molecule has 4 heteroatoms. The summed E-state index contributed by atoms with van der Waals surface area (Å²) >= 11 is 0. The summed E-state index contributed by atoms with van der Waals surface area (Å²) in [6.45, 7) is 1.94. The number of primary amides is 1. The Morgan fingerprint density at radius 1 is 1.28 bits per heavy atom. The number of hydrogen-bond acceptors (Lipinski definition) is 2. The van der Waals surface area contributed by atoms with Gasteiger partial charge in [-0.05, 0) is 18.6 Å². The largest absolute Gasteiger partial charge is 0.484 e. The van der Waals surface area contributed by atoms with E-state index in [0.29, 0.717) is 11.4 Å². The molecule has 0 aliphatic rings. The van der Waals surface area contributed by atoms with Gasteiger partial charge in [-0.25, -0.2) is 0 Å². The van der Waals surface area contributed by atoms with E-state index in [0.717, 1.165) is 5.56 Å². The number of carbonyl (C=O) groups excluding carboxylic acids is 1. The van der Waals surface area contributed by atoms with E-state index in [2.05, 4.69) is 0 Å². The average Bonchev–Trinajstić information content (AvgIpc) is 2.71. The van der Waals surface area contributed by atoms with E-state index < -0.39 is 5.91 Å². The number of hydrogen-bond donors (Lipinski definition) is 1. The van der Waals surface area contributed by atoms with Crippen LogP contribution >= 0.6 is 0 Å². The van der Waals surface area contributed by atoms with Crippen LogP contribution in [0.4, 0.5) is 0 Å². The Labute approximate surface area is 106 Å². The first-order valence-corrected chi connectivity index (χ1v) is 5.76.